The van der Waals surface area contributed by atoms with Crippen molar-refractivity contribution in [3.05, 3.63) is 39.8 Å². The highest BCUT2D eigenvalue weighted by Crippen LogP contribution is 2.22. The third-order valence-corrected chi connectivity index (χ3v) is 3.67. The number of nitrogens with zero attached hydrogens (tertiary/aromatic N) is 2. The topological polar surface area (TPSA) is 47.0 Å². The second-order valence-corrected chi connectivity index (χ2v) is 5.40. The fourth-order valence-electron chi connectivity index (χ4n) is 1.82. The maximum atomic E-state index is 5.35. The molecule has 1 aromatic heterocycles. The molecule has 0 unspecified atom stereocenters. The number of hydrogen-bond donors (Lipinski definition) is 1. The van der Waals surface area contributed by atoms with E-state index in [-0.39, 0.29) is 0 Å². The largest absolute Gasteiger partial charge is 0.496 e. The second kappa shape index (κ2) is 7.21. The van der Waals surface area contributed by atoms with Crippen molar-refractivity contribution in [2.24, 2.45) is 0 Å². The molecule has 0 saturated heterocycles. The summed E-state index contributed by atoms with van der Waals surface area (Å²) in [6.07, 6.45) is 1.91. The second-order valence-electron chi connectivity index (χ2n) is 4.25. The number of rotatable bonds is 7. The molecule has 2 aromatic rings. The Bertz CT molecular complexity index is 513. The van der Waals surface area contributed by atoms with Crippen LogP contribution in [0.15, 0.2) is 24.3 Å². The molecule has 2 rings (SSSR count). The molecule has 102 valence electrons. The molecule has 1 aromatic carbocycles. The SMILES string of the molecule is CCCNCc1nnc(Cc2ccccc2OC)s1. The van der Waals surface area contributed by atoms with Crippen LogP contribution in [0.1, 0.15) is 28.9 Å². The van der Waals surface area contributed by atoms with Gasteiger partial charge in [-0.2, -0.15) is 0 Å². The van der Waals surface area contributed by atoms with Crippen LogP contribution in [-0.4, -0.2) is 23.9 Å². The summed E-state index contributed by atoms with van der Waals surface area (Å²) in [6.45, 7) is 3.97. The lowest BCUT2D eigenvalue weighted by atomic mass is 10.1. The van der Waals surface area contributed by atoms with Gasteiger partial charge in [0.1, 0.15) is 15.8 Å². The predicted octanol–water partition coefficient (Wildman–Crippen LogP) is 2.64. The third-order valence-electron chi connectivity index (χ3n) is 2.75. The summed E-state index contributed by atoms with van der Waals surface area (Å²) in [5.74, 6) is 0.906. The molecule has 19 heavy (non-hydrogen) atoms. The summed E-state index contributed by atoms with van der Waals surface area (Å²) in [5, 5.41) is 13.8. The minimum absolute atomic E-state index is 0.773. The zero-order valence-electron chi connectivity index (χ0n) is 11.3. The molecule has 0 saturated carbocycles. The van der Waals surface area contributed by atoms with Crippen molar-refractivity contribution in [2.75, 3.05) is 13.7 Å². The van der Waals surface area contributed by atoms with E-state index in [0.29, 0.717) is 0 Å². The summed E-state index contributed by atoms with van der Waals surface area (Å²) in [7, 11) is 1.69. The van der Waals surface area contributed by atoms with Gasteiger partial charge in [-0.3, -0.25) is 0 Å². The van der Waals surface area contributed by atoms with Gasteiger partial charge in [0.15, 0.2) is 0 Å². The lowest BCUT2D eigenvalue weighted by Gasteiger charge is -2.05. The number of benzene rings is 1. The van der Waals surface area contributed by atoms with Crippen LogP contribution in [0, 0.1) is 0 Å². The van der Waals surface area contributed by atoms with Gasteiger partial charge in [-0.05, 0) is 19.0 Å². The molecule has 0 bridgehead atoms. The van der Waals surface area contributed by atoms with E-state index in [1.165, 1.54) is 0 Å². The van der Waals surface area contributed by atoms with Gasteiger partial charge in [-0.25, -0.2) is 0 Å². The highest BCUT2D eigenvalue weighted by atomic mass is 32.1. The molecular weight excluding hydrogens is 258 g/mol. The molecule has 0 spiro atoms. The number of methoxy groups -OCH3 is 1. The summed E-state index contributed by atoms with van der Waals surface area (Å²) in [6, 6.07) is 8.03. The Balaban J connectivity index is 1.99. The fourth-order valence-corrected chi connectivity index (χ4v) is 2.65. The van der Waals surface area contributed by atoms with Gasteiger partial charge in [-0.1, -0.05) is 36.5 Å². The molecule has 1 N–H and O–H groups in total. The Morgan fingerprint density at radius 1 is 1.21 bits per heavy atom. The minimum atomic E-state index is 0.773. The first-order valence-electron chi connectivity index (χ1n) is 6.47. The zero-order chi connectivity index (χ0) is 13.5. The molecule has 0 aliphatic rings. The highest BCUT2D eigenvalue weighted by molar-refractivity contribution is 7.11. The maximum absolute atomic E-state index is 5.35. The highest BCUT2D eigenvalue weighted by Gasteiger charge is 2.08. The molecule has 1 heterocycles. The first kappa shape index (κ1) is 14.0. The van der Waals surface area contributed by atoms with Crippen molar-refractivity contribution in [3.8, 4) is 5.75 Å². The quantitative estimate of drug-likeness (QED) is 0.790. The maximum Gasteiger partial charge on any atom is 0.131 e. The van der Waals surface area contributed by atoms with Crippen LogP contribution in [0.4, 0.5) is 0 Å². The van der Waals surface area contributed by atoms with Crippen molar-refractivity contribution >= 4 is 11.3 Å². The average molecular weight is 277 g/mol. The van der Waals surface area contributed by atoms with Gasteiger partial charge in [0.05, 0.1) is 7.11 Å². The van der Waals surface area contributed by atoms with Crippen molar-refractivity contribution in [1.82, 2.24) is 15.5 Å². The Hall–Kier alpha value is -1.46. The Morgan fingerprint density at radius 3 is 2.79 bits per heavy atom. The monoisotopic (exact) mass is 277 g/mol. The summed E-state index contributed by atoms with van der Waals surface area (Å²) >= 11 is 1.66. The van der Waals surface area contributed by atoms with Gasteiger partial charge in [-0.15, -0.1) is 10.2 Å². The van der Waals surface area contributed by atoms with E-state index in [0.717, 1.165) is 47.3 Å². The molecular formula is C14H19N3OS. The van der Waals surface area contributed by atoms with E-state index in [2.05, 4.69) is 28.5 Å². The molecule has 0 fully saturated rings. The number of aromatic nitrogens is 2. The molecule has 0 aliphatic carbocycles. The van der Waals surface area contributed by atoms with E-state index in [1.54, 1.807) is 18.4 Å². The summed E-state index contributed by atoms with van der Waals surface area (Å²) in [4.78, 5) is 0. The normalized spacial score (nSPS) is 10.6. The van der Waals surface area contributed by atoms with Crippen LogP contribution in [0.2, 0.25) is 0 Å². The molecule has 0 radical (unpaired) electrons. The number of hydrogen-bond acceptors (Lipinski definition) is 5. The van der Waals surface area contributed by atoms with Gasteiger partial charge in [0.25, 0.3) is 0 Å². The van der Waals surface area contributed by atoms with E-state index in [9.17, 15) is 0 Å². The van der Waals surface area contributed by atoms with E-state index >= 15 is 0 Å². The molecule has 0 aliphatic heterocycles. The zero-order valence-corrected chi connectivity index (χ0v) is 12.2. The lowest BCUT2D eigenvalue weighted by molar-refractivity contribution is 0.410. The van der Waals surface area contributed by atoms with Crippen LogP contribution in [0.25, 0.3) is 0 Å². The van der Waals surface area contributed by atoms with Crippen LogP contribution < -0.4 is 10.1 Å². The Kier molecular flexibility index (Phi) is 5.30. The first-order valence-corrected chi connectivity index (χ1v) is 7.29. The van der Waals surface area contributed by atoms with Crippen LogP contribution in [-0.2, 0) is 13.0 Å². The van der Waals surface area contributed by atoms with Crippen LogP contribution in [0.3, 0.4) is 0 Å². The molecule has 5 heteroatoms. The fraction of sp³-hybridized carbons (Fsp3) is 0.429. The summed E-state index contributed by atoms with van der Waals surface area (Å²) < 4.78 is 5.35. The van der Waals surface area contributed by atoms with Crippen molar-refractivity contribution in [2.45, 2.75) is 26.3 Å². The van der Waals surface area contributed by atoms with Gasteiger partial charge >= 0.3 is 0 Å². The molecule has 0 atom stereocenters. The number of nitrogens with one attached hydrogen (secondary N) is 1. The number of ether oxygens (including phenoxy) is 1. The van der Waals surface area contributed by atoms with Crippen molar-refractivity contribution in [3.63, 3.8) is 0 Å². The molecule has 0 amide bonds. The van der Waals surface area contributed by atoms with Gasteiger partial charge in [0.2, 0.25) is 0 Å². The molecule has 4 nitrogen and oxygen atoms in total. The number of para-hydroxylation sites is 1. The predicted molar refractivity (Wildman–Crippen MR) is 77.7 cm³/mol. The lowest BCUT2D eigenvalue weighted by Crippen LogP contribution is -2.13. The average Bonchev–Trinajstić information content (AvgIpc) is 2.87. The first-order chi connectivity index (χ1) is 9.33. The van der Waals surface area contributed by atoms with E-state index < -0.39 is 0 Å². The Morgan fingerprint density at radius 2 is 2.00 bits per heavy atom. The van der Waals surface area contributed by atoms with E-state index in [1.807, 2.05) is 18.2 Å². The van der Waals surface area contributed by atoms with Gasteiger partial charge < -0.3 is 10.1 Å². The van der Waals surface area contributed by atoms with Gasteiger partial charge in [0, 0.05) is 18.5 Å². The van der Waals surface area contributed by atoms with E-state index in [4.69, 9.17) is 4.74 Å². The van der Waals surface area contributed by atoms with Crippen molar-refractivity contribution < 1.29 is 4.74 Å². The van der Waals surface area contributed by atoms with Crippen molar-refractivity contribution in [1.29, 1.82) is 0 Å². The summed E-state index contributed by atoms with van der Waals surface area (Å²) in [5.41, 5.74) is 1.15. The third kappa shape index (κ3) is 4.01. The smallest absolute Gasteiger partial charge is 0.131 e. The minimum Gasteiger partial charge on any atom is -0.496 e. The standard InChI is InChI=1S/C14H19N3OS/c1-3-8-15-10-14-17-16-13(19-14)9-11-6-4-5-7-12(11)18-2/h4-7,15H,3,8-10H2,1-2H3. The van der Waals surface area contributed by atoms with Crippen LogP contribution in [0.5, 0.6) is 5.75 Å². The van der Waals surface area contributed by atoms with Crippen LogP contribution >= 0.6 is 11.3 Å². The Labute approximate surface area is 117 Å².